The fourth-order valence-corrected chi connectivity index (χ4v) is 4.29. The summed E-state index contributed by atoms with van der Waals surface area (Å²) in [6, 6.07) is 6.78. The second kappa shape index (κ2) is 8.25. The zero-order valence-corrected chi connectivity index (χ0v) is 17.1. The summed E-state index contributed by atoms with van der Waals surface area (Å²) in [5.41, 5.74) is 3.59. The molecule has 0 atom stereocenters. The number of rotatable bonds is 5. The molecule has 2 aromatic rings. The third-order valence-corrected chi connectivity index (χ3v) is 5.82. The van der Waals surface area contributed by atoms with Crippen LogP contribution in [0.2, 0.25) is 0 Å². The van der Waals surface area contributed by atoms with Gasteiger partial charge in [-0.25, -0.2) is 4.98 Å². The molecule has 6 nitrogen and oxygen atoms in total. The van der Waals surface area contributed by atoms with E-state index < -0.39 is 0 Å². The van der Waals surface area contributed by atoms with Crippen LogP contribution in [0.1, 0.15) is 48.9 Å². The van der Waals surface area contributed by atoms with Gasteiger partial charge in [0.25, 0.3) is 0 Å². The van der Waals surface area contributed by atoms with Gasteiger partial charge >= 0.3 is 0 Å². The molecule has 0 unspecified atom stereocenters. The summed E-state index contributed by atoms with van der Waals surface area (Å²) in [5, 5.41) is 3.57. The number of hydrogen-bond donors (Lipinski definition) is 1. The molecule has 1 saturated carbocycles. The number of aryl methyl sites for hydroxylation is 1. The van der Waals surface area contributed by atoms with Crippen molar-refractivity contribution in [1.29, 1.82) is 0 Å². The maximum atomic E-state index is 5.49. The molecular weight excluding hydrogens is 352 g/mol. The molecule has 4 rings (SSSR count). The van der Waals surface area contributed by atoms with Crippen LogP contribution in [0, 0.1) is 6.92 Å². The first-order chi connectivity index (χ1) is 13.7. The first-order valence-electron chi connectivity index (χ1n) is 10.3. The normalized spacial score (nSPS) is 17.2. The van der Waals surface area contributed by atoms with Crippen molar-refractivity contribution in [3.63, 3.8) is 0 Å². The van der Waals surface area contributed by atoms with E-state index in [1.54, 1.807) is 14.2 Å². The number of methoxy groups -OCH3 is 2. The molecule has 1 aromatic carbocycles. The van der Waals surface area contributed by atoms with Gasteiger partial charge in [-0.05, 0) is 49.4 Å². The van der Waals surface area contributed by atoms with Gasteiger partial charge in [-0.2, -0.15) is 4.98 Å². The highest BCUT2D eigenvalue weighted by Gasteiger charge is 2.22. The summed E-state index contributed by atoms with van der Waals surface area (Å²) in [4.78, 5) is 11.8. The molecule has 2 aliphatic rings. The van der Waals surface area contributed by atoms with Crippen LogP contribution in [-0.2, 0) is 13.0 Å². The number of hydrogen-bond acceptors (Lipinski definition) is 6. The molecule has 0 radical (unpaired) electrons. The second-order valence-corrected chi connectivity index (χ2v) is 7.82. The number of ether oxygens (including phenoxy) is 2. The summed E-state index contributed by atoms with van der Waals surface area (Å²) in [5.74, 6) is 3.33. The van der Waals surface area contributed by atoms with Crippen LogP contribution >= 0.6 is 0 Å². The molecule has 0 bridgehead atoms. The van der Waals surface area contributed by atoms with Crippen molar-refractivity contribution in [2.75, 3.05) is 31.0 Å². The number of nitrogens with one attached hydrogen (secondary N) is 1. The summed E-state index contributed by atoms with van der Waals surface area (Å²) >= 11 is 0. The minimum Gasteiger partial charge on any atom is -0.493 e. The van der Waals surface area contributed by atoms with Crippen molar-refractivity contribution in [3.8, 4) is 11.5 Å². The summed E-state index contributed by atoms with van der Waals surface area (Å²) in [7, 11) is 3.37. The van der Waals surface area contributed by atoms with E-state index in [1.807, 2.05) is 6.92 Å². The van der Waals surface area contributed by atoms with Crippen molar-refractivity contribution in [3.05, 3.63) is 35.0 Å². The Bertz CT molecular complexity index is 834. The Balaban J connectivity index is 1.55. The number of anilines is 2. The molecule has 1 aliphatic carbocycles. The van der Waals surface area contributed by atoms with Crippen molar-refractivity contribution >= 4 is 11.8 Å². The first-order valence-corrected chi connectivity index (χ1v) is 10.3. The maximum absolute atomic E-state index is 5.49. The van der Waals surface area contributed by atoms with E-state index in [0.717, 1.165) is 48.5 Å². The third-order valence-electron chi connectivity index (χ3n) is 5.82. The maximum Gasteiger partial charge on any atom is 0.225 e. The van der Waals surface area contributed by atoms with Gasteiger partial charge in [0.2, 0.25) is 5.95 Å². The van der Waals surface area contributed by atoms with E-state index in [4.69, 9.17) is 14.5 Å². The summed E-state index contributed by atoms with van der Waals surface area (Å²) in [6.45, 7) is 3.79. The Labute approximate surface area is 167 Å². The van der Waals surface area contributed by atoms with Gasteiger partial charge in [0, 0.05) is 30.9 Å². The zero-order valence-electron chi connectivity index (χ0n) is 17.1. The van der Waals surface area contributed by atoms with Gasteiger partial charge in [0.15, 0.2) is 11.5 Å². The molecule has 0 spiro atoms. The average Bonchev–Trinajstić information content (AvgIpc) is 2.72. The van der Waals surface area contributed by atoms with E-state index in [0.29, 0.717) is 6.04 Å². The largest absolute Gasteiger partial charge is 0.493 e. The van der Waals surface area contributed by atoms with Crippen molar-refractivity contribution in [2.45, 2.75) is 58.0 Å². The van der Waals surface area contributed by atoms with E-state index in [9.17, 15) is 0 Å². The van der Waals surface area contributed by atoms with Crippen LogP contribution in [0.15, 0.2) is 18.2 Å². The molecule has 1 aromatic heterocycles. The van der Waals surface area contributed by atoms with Crippen molar-refractivity contribution < 1.29 is 9.47 Å². The highest BCUT2D eigenvalue weighted by molar-refractivity contribution is 5.53. The Hall–Kier alpha value is -2.50. The summed E-state index contributed by atoms with van der Waals surface area (Å²) < 4.78 is 10.9. The van der Waals surface area contributed by atoms with Crippen molar-refractivity contribution in [2.24, 2.45) is 0 Å². The van der Waals surface area contributed by atoms with E-state index in [2.05, 4.69) is 33.4 Å². The van der Waals surface area contributed by atoms with Crippen LogP contribution in [-0.4, -0.2) is 36.8 Å². The smallest absolute Gasteiger partial charge is 0.225 e. The van der Waals surface area contributed by atoms with Gasteiger partial charge in [-0.15, -0.1) is 0 Å². The molecule has 1 fully saturated rings. The average molecular weight is 383 g/mol. The quantitative estimate of drug-likeness (QED) is 0.840. The van der Waals surface area contributed by atoms with Crippen LogP contribution in [0.4, 0.5) is 11.8 Å². The lowest BCUT2D eigenvalue weighted by molar-refractivity contribution is 0.353. The van der Waals surface area contributed by atoms with Gasteiger partial charge in [0.1, 0.15) is 5.82 Å². The number of benzene rings is 1. The lowest BCUT2D eigenvalue weighted by atomic mass is 9.96. The molecule has 1 N–H and O–H groups in total. The van der Waals surface area contributed by atoms with Gasteiger partial charge < -0.3 is 19.7 Å². The zero-order chi connectivity index (χ0) is 19.5. The van der Waals surface area contributed by atoms with Crippen LogP contribution in [0.3, 0.4) is 0 Å². The lowest BCUT2D eigenvalue weighted by Crippen LogP contribution is -2.32. The third kappa shape index (κ3) is 4.01. The van der Waals surface area contributed by atoms with Crippen LogP contribution in [0.5, 0.6) is 11.5 Å². The number of fused-ring (bicyclic) bond motifs is 1. The Morgan fingerprint density at radius 2 is 1.68 bits per heavy atom. The Morgan fingerprint density at radius 1 is 0.964 bits per heavy atom. The first kappa shape index (κ1) is 18.8. The molecule has 150 valence electrons. The van der Waals surface area contributed by atoms with E-state index >= 15 is 0 Å². The summed E-state index contributed by atoms with van der Waals surface area (Å²) in [6.07, 6.45) is 7.33. The molecule has 0 amide bonds. The predicted molar refractivity (Wildman–Crippen MR) is 112 cm³/mol. The molecule has 2 heterocycles. The molecular formula is C22H30N4O2. The second-order valence-electron chi connectivity index (χ2n) is 7.82. The number of aromatic nitrogens is 2. The minimum absolute atomic E-state index is 0.502. The monoisotopic (exact) mass is 382 g/mol. The van der Waals surface area contributed by atoms with Gasteiger partial charge in [-0.3, -0.25) is 0 Å². The van der Waals surface area contributed by atoms with Crippen molar-refractivity contribution in [1.82, 2.24) is 9.97 Å². The van der Waals surface area contributed by atoms with E-state index in [-0.39, 0.29) is 0 Å². The predicted octanol–water partition coefficient (Wildman–Crippen LogP) is 4.11. The molecule has 0 saturated heterocycles. The van der Waals surface area contributed by atoms with Crippen LogP contribution < -0.4 is 19.7 Å². The van der Waals surface area contributed by atoms with Gasteiger partial charge in [-0.1, -0.05) is 19.3 Å². The Kier molecular flexibility index (Phi) is 5.55. The standard InChI is InChI=1S/C22H30N4O2/c1-15-11-21(25-22(23-15)24-18-7-5-4-6-8-18)26-10-9-16-12-19(27-2)20(28-3)13-17(16)14-26/h11-13,18H,4-10,14H2,1-3H3,(H,23,24,25). The Morgan fingerprint density at radius 3 is 2.39 bits per heavy atom. The SMILES string of the molecule is COc1cc2c(cc1OC)CN(c1cc(C)nc(NC3CCCCC3)n1)CC2. The fourth-order valence-electron chi connectivity index (χ4n) is 4.29. The molecule has 6 heteroatoms. The van der Waals surface area contributed by atoms with Crippen LogP contribution in [0.25, 0.3) is 0 Å². The fraction of sp³-hybridized carbons (Fsp3) is 0.545. The topological polar surface area (TPSA) is 59.5 Å². The molecule has 1 aliphatic heterocycles. The highest BCUT2D eigenvalue weighted by atomic mass is 16.5. The minimum atomic E-state index is 0.502. The lowest BCUT2D eigenvalue weighted by Gasteiger charge is -2.31. The van der Waals surface area contributed by atoms with E-state index in [1.165, 1.54) is 43.2 Å². The molecule has 28 heavy (non-hydrogen) atoms. The van der Waals surface area contributed by atoms with Gasteiger partial charge in [0.05, 0.1) is 14.2 Å². The highest BCUT2D eigenvalue weighted by Crippen LogP contribution is 2.34. The number of nitrogens with zero attached hydrogens (tertiary/aromatic N) is 3.